The summed E-state index contributed by atoms with van der Waals surface area (Å²) in [5.41, 5.74) is 2.53. The molecule has 1 aromatic rings. The molecule has 0 atom stereocenters. The van der Waals surface area contributed by atoms with Gasteiger partial charge in [0.2, 0.25) is 0 Å². The zero-order valence-corrected chi connectivity index (χ0v) is 11.3. The van der Waals surface area contributed by atoms with Crippen LogP contribution in [-0.2, 0) is 11.3 Å². The van der Waals surface area contributed by atoms with Crippen molar-refractivity contribution in [1.29, 1.82) is 0 Å². The van der Waals surface area contributed by atoms with E-state index in [1.807, 2.05) is 0 Å². The summed E-state index contributed by atoms with van der Waals surface area (Å²) in [6, 6.07) is 6.45. The maximum absolute atomic E-state index is 6.33. The molecule has 94 valence electrons. The van der Waals surface area contributed by atoms with Crippen LogP contribution in [0.5, 0.6) is 0 Å². The molecule has 1 aliphatic rings. The fourth-order valence-electron chi connectivity index (χ4n) is 2.05. The van der Waals surface area contributed by atoms with E-state index >= 15 is 0 Å². The second-order valence-electron chi connectivity index (χ2n) is 4.89. The van der Waals surface area contributed by atoms with Crippen LogP contribution in [0.4, 0.5) is 0 Å². The highest BCUT2D eigenvalue weighted by Gasteiger charge is 2.12. The van der Waals surface area contributed by atoms with E-state index in [-0.39, 0.29) is 0 Å². The van der Waals surface area contributed by atoms with Crippen molar-refractivity contribution in [1.82, 2.24) is 4.90 Å². The van der Waals surface area contributed by atoms with Gasteiger partial charge in [0, 0.05) is 24.7 Å². The predicted octanol–water partition coefficient (Wildman–Crippen LogP) is 3.30. The Kier molecular flexibility index (Phi) is 4.43. The molecule has 1 aliphatic heterocycles. The molecular formula is C14H20ClNO. The van der Waals surface area contributed by atoms with Crippen molar-refractivity contribution in [3.63, 3.8) is 0 Å². The molecule has 1 heterocycles. The first-order chi connectivity index (χ1) is 8.16. The number of ether oxygens (including phenoxy) is 1. The van der Waals surface area contributed by atoms with Crippen molar-refractivity contribution >= 4 is 11.6 Å². The van der Waals surface area contributed by atoms with Crippen LogP contribution in [0, 0.1) is 0 Å². The van der Waals surface area contributed by atoms with E-state index in [1.54, 1.807) is 0 Å². The molecule has 0 bridgehead atoms. The van der Waals surface area contributed by atoms with Crippen LogP contribution in [0.3, 0.4) is 0 Å². The molecule has 1 saturated heterocycles. The Hall–Kier alpha value is -0.570. The van der Waals surface area contributed by atoms with Gasteiger partial charge < -0.3 is 4.74 Å². The molecule has 17 heavy (non-hydrogen) atoms. The Balaban J connectivity index is 2.05. The highest BCUT2D eigenvalue weighted by Crippen LogP contribution is 2.24. The third-order valence-electron chi connectivity index (χ3n) is 3.24. The Labute approximate surface area is 109 Å². The van der Waals surface area contributed by atoms with Gasteiger partial charge in [-0.15, -0.1) is 0 Å². The summed E-state index contributed by atoms with van der Waals surface area (Å²) >= 11 is 6.33. The Morgan fingerprint density at radius 2 is 2.00 bits per heavy atom. The van der Waals surface area contributed by atoms with E-state index in [0.717, 1.165) is 37.9 Å². The molecule has 2 rings (SSSR count). The van der Waals surface area contributed by atoms with E-state index in [0.29, 0.717) is 5.92 Å². The van der Waals surface area contributed by atoms with Gasteiger partial charge >= 0.3 is 0 Å². The lowest BCUT2D eigenvalue weighted by Crippen LogP contribution is -2.35. The average molecular weight is 254 g/mol. The maximum Gasteiger partial charge on any atom is 0.0594 e. The van der Waals surface area contributed by atoms with Crippen molar-refractivity contribution in [3.8, 4) is 0 Å². The minimum absolute atomic E-state index is 0.532. The van der Waals surface area contributed by atoms with Crippen LogP contribution >= 0.6 is 11.6 Å². The maximum atomic E-state index is 6.33. The molecule has 0 radical (unpaired) electrons. The van der Waals surface area contributed by atoms with Gasteiger partial charge in [0.05, 0.1) is 13.2 Å². The topological polar surface area (TPSA) is 12.5 Å². The summed E-state index contributed by atoms with van der Waals surface area (Å²) in [5, 5.41) is 0.891. The minimum atomic E-state index is 0.532. The number of benzene rings is 1. The number of hydrogen-bond donors (Lipinski definition) is 0. The van der Waals surface area contributed by atoms with Crippen LogP contribution in [0.2, 0.25) is 5.02 Å². The molecule has 0 aromatic heterocycles. The summed E-state index contributed by atoms with van der Waals surface area (Å²) in [6.45, 7) is 8.98. The van der Waals surface area contributed by atoms with E-state index in [4.69, 9.17) is 16.3 Å². The SMILES string of the molecule is CC(C)c1ccc(CN2CCOCC2)c(Cl)c1. The number of morpholine rings is 1. The standard InChI is InChI=1S/C14H20ClNO/c1-11(2)12-3-4-13(14(15)9-12)10-16-5-7-17-8-6-16/h3-4,9,11H,5-8,10H2,1-2H3. The van der Waals surface area contributed by atoms with Gasteiger partial charge in [0.1, 0.15) is 0 Å². The lowest BCUT2D eigenvalue weighted by atomic mass is 10.0. The van der Waals surface area contributed by atoms with Crippen LogP contribution < -0.4 is 0 Å². The highest BCUT2D eigenvalue weighted by molar-refractivity contribution is 6.31. The minimum Gasteiger partial charge on any atom is -0.379 e. The van der Waals surface area contributed by atoms with Crippen LogP contribution in [0.1, 0.15) is 30.9 Å². The molecular weight excluding hydrogens is 234 g/mol. The van der Waals surface area contributed by atoms with Gasteiger partial charge in [-0.2, -0.15) is 0 Å². The molecule has 0 spiro atoms. The zero-order chi connectivity index (χ0) is 12.3. The molecule has 0 unspecified atom stereocenters. The first-order valence-electron chi connectivity index (χ1n) is 6.25. The van der Waals surface area contributed by atoms with Crippen molar-refractivity contribution in [3.05, 3.63) is 34.3 Å². The second kappa shape index (κ2) is 5.85. The van der Waals surface area contributed by atoms with Crippen molar-refractivity contribution in [2.24, 2.45) is 0 Å². The van der Waals surface area contributed by atoms with Gasteiger partial charge in [-0.25, -0.2) is 0 Å². The quantitative estimate of drug-likeness (QED) is 0.820. The van der Waals surface area contributed by atoms with Crippen molar-refractivity contribution in [2.45, 2.75) is 26.3 Å². The van der Waals surface area contributed by atoms with E-state index < -0.39 is 0 Å². The van der Waals surface area contributed by atoms with Gasteiger partial charge in [-0.3, -0.25) is 4.90 Å². The fourth-order valence-corrected chi connectivity index (χ4v) is 2.30. The Morgan fingerprint density at radius 3 is 2.59 bits per heavy atom. The molecule has 1 fully saturated rings. The Bertz CT molecular complexity index is 372. The molecule has 2 nitrogen and oxygen atoms in total. The third-order valence-corrected chi connectivity index (χ3v) is 3.59. The summed E-state index contributed by atoms with van der Waals surface area (Å²) in [4.78, 5) is 2.39. The van der Waals surface area contributed by atoms with Crippen LogP contribution in [0.25, 0.3) is 0 Å². The molecule has 0 saturated carbocycles. The van der Waals surface area contributed by atoms with Gasteiger partial charge in [-0.05, 0) is 23.1 Å². The molecule has 0 amide bonds. The molecule has 3 heteroatoms. The smallest absolute Gasteiger partial charge is 0.0594 e. The molecule has 0 aliphatic carbocycles. The number of nitrogens with zero attached hydrogens (tertiary/aromatic N) is 1. The predicted molar refractivity (Wildman–Crippen MR) is 71.6 cm³/mol. The van der Waals surface area contributed by atoms with E-state index in [9.17, 15) is 0 Å². The van der Waals surface area contributed by atoms with Crippen LogP contribution in [0.15, 0.2) is 18.2 Å². The van der Waals surface area contributed by atoms with Crippen LogP contribution in [-0.4, -0.2) is 31.2 Å². The monoisotopic (exact) mass is 253 g/mol. The fraction of sp³-hybridized carbons (Fsp3) is 0.571. The first-order valence-corrected chi connectivity index (χ1v) is 6.63. The lowest BCUT2D eigenvalue weighted by molar-refractivity contribution is 0.0342. The summed E-state index contributed by atoms with van der Waals surface area (Å²) in [6.07, 6.45) is 0. The highest BCUT2D eigenvalue weighted by atomic mass is 35.5. The average Bonchev–Trinajstić information content (AvgIpc) is 2.33. The number of rotatable bonds is 3. The molecule has 1 aromatic carbocycles. The summed E-state index contributed by atoms with van der Waals surface area (Å²) in [5.74, 6) is 0.532. The van der Waals surface area contributed by atoms with Crippen molar-refractivity contribution < 1.29 is 4.74 Å². The van der Waals surface area contributed by atoms with Gasteiger partial charge in [-0.1, -0.05) is 37.6 Å². The summed E-state index contributed by atoms with van der Waals surface area (Å²) in [7, 11) is 0. The summed E-state index contributed by atoms with van der Waals surface area (Å²) < 4.78 is 5.34. The van der Waals surface area contributed by atoms with Gasteiger partial charge in [0.15, 0.2) is 0 Å². The number of halogens is 1. The normalized spacial score (nSPS) is 17.6. The molecule has 0 N–H and O–H groups in total. The third kappa shape index (κ3) is 3.44. The first kappa shape index (κ1) is 12.9. The van der Waals surface area contributed by atoms with E-state index in [1.165, 1.54) is 11.1 Å². The van der Waals surface area contributed by atoms with E-state index in [2.05, 4.69) is 36.9 Å². The number of hydrogen-bond acceptors (Lipinski definition) is 2. The van der Waals surface area contributed by atoms with Crippen molar-refractivity contribution in [2.75, 3.05) is 26.3 Å². The lowest BCUT2D eigenvalue weighted by Gasteiger charge is -2.27. The van der Waals surface area contributed by atoms with Gasteiger partial charge in [0.25, 0.3) is 0 Å². The largest absolute Gasteiger partial charge is 0.379 e. The second-order valence-corrected chi connectivity index (χ2v) is 5.30. The Morgan fingerprint density at radius 1 is 1.29 bits per heavy atom. The zero-order valence-electron chi connectivity index (χ0n) is 10.6.